The Bertz CT molecular complexity index is 2010. The summed E-state index contributed by atoms with van der Waals surface area (Å²) in [6, 6.07) is 13.0. The highest BCUT2D eigenvalue weighted by Crippen LogP contribution is 2.37. The van der Waals surface area contributed by atoms with E-state index in [2.05, 4.69) is 22.0 Å². The predicted molar refractivity (Wildman–Crippen MR) is 185 cm³/mol. The molecule has 0 bridgehead atoms. The van der Waals surface area contributed by atoms with E-state index in [1.165, 1.54) is 28.2 Å². The third kappa shape index (κ3) is 8.33. The number of carbonyl (C=O) groups excluding carboxylic acids is 1. The van der Waals surface area contributed by atoms with Gasteiger partial charge in [-0.1, -0.05) is 54.3 Å². The van der Waals surface area contributed by atoms with Crippen LogP contribution in [0.4, 0.5) is 13.2 Å². The first-order valence-corrected chi connectivity index (χ1v) is 18.9. The molecule has 1 saturated carbocycles. The maximum atomic E-state index is 13.9. The molecule has 0 spiro atoms. The molecule has 2 aromatic heterocycles. The lowest BCUT2D eigenvalue weighted by molar-refractivity contribution is -0.137. The lowest BCUT2D eigenvalue weighted by atomic mass is 10.1. The molecule has 3 heterocycles. The highest BCUT2D eigenvalue weighted by Gasteiger charge is 2.32. The predicted octanol–water partition coefficient (Wildman–Crippen LogP) is 7.82. The van der Waals surface area contributed by atoms with Gasteiger partial charge in [-0.2, -0.15) is 18.3 Å². The number of aromatic nitrogens is 2. The average molecular weight is 751 g/mol. The molecule has 258 valence electrons. The topological polar surface area (TPSA) is 96.3 Å². The smallest absolute Gasteiger partial charge is 0.283 e. The monoisotopic (exact) mass is 749 g/mol. The molecule has 0 atom stereocenters. The van der Waals surface area contributed by atoms with Crippen LogP contribution in [0.25, 0.3) is 16.3 Å². The number of amides is 1. The second-order valence-corrected chi connectivity index (χ2v) is 15.9. The number of piperidine rings is 1. The van der Waals surface area contributed by atoms with Crippen molar-refractivity contribution in [1.29, 1.82) is 0 Å². The lowest BCUT2D eigenvalue weighted by Gasteiger charge is -2.26. The molecular weight excluding hydrogens is 718 g/mol. The van der Waals surface area contributed by atoms with Crippen molar-refractivity contribution in [1.82, 2.24) is 24.9 Å². The number of hydrazine groups is 1. The number of sulfonamides is 1. The van der Waals surface area contributed by atoms with Crippen LogP contribution in [-0.4, -0.2) is 47.5 Å². The maximum absolute atomic E-state index is 13.9. The summed E-state index contributed by atoms with van der Waals surface area (Å²) < 4.78 is 70.0. The van der Waals surface area contributed by atoms with Gasteiger partial charge < -0.3 is 0 Å². The van der Waals surface area contributed by atoms with Gasteiger partial charge in [0.05, 0.1) is 37.0 Å². The Balaban J connectivity index is 1.43. The molecule has 0 unspecified atom stereocenters. The standard InChI is InChI=1S/C34H32Cl2F3N5O3S2/c35-24-13-16-29(28(36)20-24)44-32(30-17-15-25(48-30)14-10-22-8-11-23(12-9-22)34(37,38)39)27(21-40-49(46,47)26-6-2-3-7-26)31(41-44)33(45)42-43-18-4-1-5-19-43/h8-9,11-13,15-17,20,26,40H,1-7,18-19,21H2,(H,42,45). The molecule has 15 heteroatoms. The van der Waals surface area contributed by atoms with Gasteiger partial charge in [0, 0.05) is 35.8 Å². The van der Waals surface area contributed by atoms with E-state index in [1.54, 1.807) is 30.3 Å². The zero-order valence-electron chi connectivity index (χ0n) is 26.1. The van der Waals surface area contributed by atoms with Crippen LogP contribution in [0.3, 0.4) is 0 Å². The van der Waals surface area contributed by atoms with Crippen molar-refractivity contribution >= 4 is 50.5 Å². The minimum atomic E-state index is -4.45. The van der Waals surface area contributed by atoms with Gasteiger partial charge in [0.2, 0.25) is 10.0 Å². The number of thiophene rings is 1. The summed E-state index contributed by atoms with van der Waals surface area (Å²) in [7, 11) is -3.70. The largest absolute Gasteiger partial charge is 0.416 e. The van der Waals surface area contributed by atoms with Crippen LogP contribution in [0, 0.1) is 11.8 Å². The van der Waals surface area contributed by atoms with Gasteiger partial charge in [-0.05, 0) is 80.3 Å². The second-order valence-electron chi connectivity index (χ2n) is 11.9. The first-order chi connectivity index (χ1) is 23.4. The molecule has 1 aliphatic carbocycles. The zero-order chi connectivity index (χ0) is 34.8. The van der Waals surface area contributed by atoms with Crippen LogP contribution < -0.4 is 10.1 Å². The first kappa shape index (κ1) is 35.4. The highest BCUT2D eigenvalue weighted by atomic mass is 35.5. The van der Waals surface area contributed by atoms with Gasteiger partial charge in [-0.15, -0.1) is 11.3 Å². The van der Waals surface area contributed by atoms with E-state index in [4.69, 9.17) is 28.3 Å². The number of rotatable bonds is 8. The first-order valence-electron chi connectivity index (χ1n) is 15.8. The van der Waals surface area contributed by atoms with Gasteiger partial charge in [0.25, 0.3) is 5.91 Å². The quantitative estimate of drug-likeness (QED) is 0.179. The molecule has 49 heavy (non-hydrogen) atoms. The van der Waals surface area contributed by atoms with E-state index < -0.39 is 32.9 Å². The number of halogens is 5. The van der Waals surface area contributed by atoms with Crippen LogP contribution in [0.1, 0.15) is 77.0 Å². The third-order valence-corrected chi connectivity index (χ3v) is 12.0. The van der Waals surface area contributed by atoms with E-state index in [0.717, 1.165) is 44.2 Å². The summed E-state index contributed by atoms with van der Waals surface area (Å²) >= 11 is 14.1. The van der Waals surface area contributed by atoms with Crippen molar-refractivity contribution in [3.8, 4) is 28.1 Å². The van der Waals surface area contributed by atoms with Crippen molar-refractivity contribution in [3.05, 3.63) is 91.9 Å². The van der Waals surface area contributed by atoms with Crippen LogP contribution >= 0.6 is 34.5 Å². The number of hydrogen-bond donors (Lipinski definition) is 2. The molecule has 1 amide bonds. The SMILES string of the molecule is O=C(NN1CCCCC1)c1nn(-c2ccc(Cl)cc2Cl)c(-c2ccc(C#Cc3ccc(C(F)(F)F)cc3)s2)c1CNS(=O)(=O)C1CCCC1. The van der Waals surface area contributed by atoms with E-state index >= 15 is 0 Å². The van der Waals surface area contributed by atoms with Crippen LogP contribution in [-0.2, 0) is 22.7 Å². The third-order valence-electron chi connectivity index (χ3n) is 8.53. The van der Waals surface area contributed by atoms with Crippen LogP contribution in [0.15, 0.2) is 54.6 Å². The van der Waals surface area contributed by atoms with Gasteiger partial charge >= 0.3 is 6.18 Å². The van der Waals surface area contributed by atoms with Crippen LogP contribution in [0.2, 0.25) is 10.0 Å². The Morgan fingerprint density at radius 1 is 0.959 bits per heavy atom. The number of nitrogens with one attached hydrogen (secondary N) is 2. The Kier molecular flexibility index (Phi) is 10.7. The molecule has 1 saturated heterocycles. The van der Waals surface area contributed by atoms with E-state index in [9.17, 15) is 26.4 Å². The van der Waals surface area contributed by atoms with Crippen molar-refractivity contribution in [2.24, 2.45) is 0 Å². The highest BCUT2D eigenvalue weighted by molar-refractivity contribution is 7.90. The van der Waals surface area contributed by atoms with Crippen molar-refractivity contribution in [2.75, 3.05) is 13.1 Å². The Labute approximate surface area is 296 Å². The fourth-order valence-electron chi connectivity index (χ4n) is 5.98. The summed E-state index contributed by atoms with van der Waals surface area (Å²) in [5.41, 5.74) is 3.84. The fourth-order valence-corrected chi connectivity index (χ4v) is 8.92. The fraction of sp³-hybridized carbons (Fsp3) is 0.353. The lowest BCUT2D eigenvalue weighted by Crippen LogP contribution is -2.45. The van der Waals surface area contributed by atoms with Crippen molar-refractivity contribution in [2.45, 2.75) is 62.9 Å². The van der Waals surface area contributed by atoms with E-state index in [-0.39, 0.29) is 17.3 Å². The Hall–Kier alpha value is -3.38. The molecule has 2 fully saturated rings. The summed E-state index contributed by atoms with van der Waals surface area (Å²) in [4.78, 5) is 15.1. The normalized spacial score (nSPS) is 16.0. The molecule has 2 N–H and O–H groups in total. The molecule has 4 aromatic rings. The molecule has 2 aromatic carbocycles. The van der Waals surface area contributed by atoms with Crippen molar-refractivity contribution in [3.63, 3.8) is 0 Å². The zero-order valence-corrected chi connectivity index (χ0v) is 29.3. The number of benzene rings is 2. The number of hydrogen-bond acceptors (Lipinski definition) is 6. The molecule has 6 rings (SSSR count). The maximum Gasteiger partial charge on any atom is 0.416 e. The summed E-state index contributed by atoms with van der Waals surface area (Å²) in [6.07, 6.45) is 1.28. The molecule has 0 radical (unpaired) electrons. The molecule has 1 aliphatic heterocycles. The number of nitrogens with zero attached hydrogens (tertiary/aromatic N) is 3. The van der Waals surface area contributed by atoms with Crippen molar-refractivity contribution < 1.29 is 26.4 Å². The van der Waals surface area contributed by atoms with Gasteiger partial charge in [0.15, 0.2) is 5.69 Å². The Morgan fingerprint density at radius 2 is 1.67 bits per heavy atom. The summed E-state index contributed by atoms with van der Waals surface area (Å²) in [5.74, 6) is 5.41. The van der Waals surface area contributed by atoms with Crippen LogP contribution in [0.5, 0.6) is 0 Å². The van der Waals surface area contributed by atoms with Gasteiger partial charge in [-0.25, -0.2) is 22.8 Å². The van der Waals surface area contributed by atoms with E-state index in [1.807, 2.05) is 5.01 Å². The van der Waals surface area contributed by atoms with Gasteiger partial charge in [-0.3, -0.25) is 10.2 Å². The average Bonchev–Trinajstić information content (AvgIpc) is 3.84. The van der Waals surface area contributed by atoms with Gasteiger partial charge in [0.1, 0.15) is 0 Å². The van der Waals surface area contributed by atoms with E-state index in [0.29, 0.717) is 63.2 Å². The molecule has 2 aliphatic rings. The molecule has 8 nitrogen and oxygen atoms in total. The summed E-state index contributed by atoms with van der Waals surface area (Å²) in [6.45, 7) is 1.16. The number of alkyl halides is 3. The second kappa shape index (κ2) is 14.8. The summed E-state index contributed by atoms with van der Waals surface area (Å²) in [5, 5.41) is 6.71. The Morgan fingerprint density at radius 3 is 2.35 bits per heavy atom. The minimum absolute atomic E-state index is 0.0338. The number of carbonyl (C=O) groups is 1. The minimum Gasteiger partial charge on any atom is -0.283 e. The molecular formula is C34H32Cl2F3N5O3S2.